The van der Waals surface area contributed by atoms with Crippen molar-refractivity contribution in [3.05, 3.63) is 53.6 Å². The summed E-state index contributed by atoms with van der Waals surface area (Å²) in [4.78, 5) is 3.47. The number of aryl methyl sites for hydroxylation is 2. The zero-order chi connectivity index (χ0) is 13.4. The van der Waals surface area contributed by atoms with Gasteiger partial charge in [0.25, 0.3) is 0 Å². The summed E-state index contributed by atoms with van der Waals surface area (Å²) in [6, 6.07) is 14.8. The molecule has 2 aromatic carbocycles. The standard InChI is InChI=1S/C17H17NO/c1-11-4-6-15(12(2)8-11)17-10-13-9-14(19-3)5-7-16(13)18-17/h4-10,18H,1-3H3. The number of aromatic nitrogens is 1. The molecule has 0 aliphatic heterocycles. The normalized spacial score (nSPS) is 10.9. The van der Waals surface area contributed by atoms with Crippen LogP contribution in [-0.2, 0) is 0 Å². The Morgan fingerprint density at radius 2 is 1.79 bits per heavy atom. The van der Waals surface area contributed by atoms with E-state index in [1.807, 2.05) is 6.07 Å². The van der Waals surface area contributed by atoms with Gasteiger partial charge in [-0.15, -0.1) is 0 Å². The fourth-order valence-corrected chi connectivity index (χ4v) is 2.50. The minimum absolute atomic E-state index is 0.888. The van der Waals surface area contributed by atoms with Gasteiger partial charge in [0.2, 0.25) is 0 Å². The smallest absolute Gasteiger partial charge is 0.119 e. The fourth-order valence-electron chi connectivity index (χ4n) is 2.50. The van der Waals surface area contributed by atoms with E-state index in [1.165, 1.54) is 22.1 Å². The molecular formula is C17H17NO. The molecule has 1 N–H and O–H groups in total. The molecule has 0 saturated carbocycles. The number of methoxy groups -OCH3 is 1. The molecule has 0 fully saturated rings. The number of fused-ring (bicyclic) bond motifs is 1. The molecule has 1 heterocycles. The molecular weight excluding hydrogens is 234 g/mol. The molecule has 0 amide bonds. The molecule has 2 heteroatoms. The lowest BCUT2D eigenvalue weighted by atomic mass is 10.0. The van der Waals surface area contributed by atoms with Crippen molar-refractivity contribution < 1.29 is 4.74 Å². The first-order chi connectivity index (χ1) is 9.17. The van der Waals surface area contributed by atoms with Crippen LogP contribution in [0.1, 0.15) is 11.1 Å². The van der Waals surface area contributed by atoms with Gasteiger partial charge in [-0.2, -0.15) is 0 Å². The Labute approximate surface area is 113 Å². The van der Waals surface area contributed by atoms with Crippen LogP contribution >= 0.6 is 0 Å². The molecule has 0 aliphatic rings. The predicted molar refractivity (Wildman–Crippen MR) is 79.8 cm³/mol. The van der Waals surface area contributed by atoms with E-state index in [0.717, 1.165) is 17.0 Å². The van der Waals surface area contributed by atoms with Crippen molar-refractivity contribution in [2.75, 3.05) is 7.11 Å². The summed E-state index contributed by atoms with van der Waals surface area (Å²) in [6.45, 7) is 4.27. The molecule has 3 rings (SSSR count). The summed E-state index contributed by atoms with van der Waals surface area (Å²) >= 11 is 0. The van der Waals surface area contributed by atoms with E-state index in [0.29, 0.717) is 0 Å². The maximum Gasteiger partial charge on any atom is 0.119 e. The SMILES string of the molecule is COc1ccc2[nH]c(-c3ccc(C)cc3C)cc2c1. The van der Waals surface area contributed by atoms with Crippen LogP contribution < -0.4 is 4.74 Å². The van der Waals surface area contributed by atoms with Gasteiger partial charge < -0.3 is 9.72 Å². The molecule has 2 nitrogen and oxygen atoms in total. The third-order valence-corrected chi connectivity index (χ3v) is 3.50. The van der Waals surface area contributed by atoms with Crippen molar-refractivity contribution >= 4 is 10.9 Å². The van der Waals surface area contributed by atoms with Gasteiger partial charge in [-0.05, 0) is 43.7 Å². The predicted octanol–water partition coefficient (Wildman–Crippen LogP) is 4.46. The highest BCUT2D eigenvalue weighted by molar-refractivity contribution is 5.87. The van der Waals surface area contributed by atoms with Crippen molar-refractivity contribution in [1.82, 2.24) is 4.98 Å². The second-order valence-corrected chi connectivity index (χ2v) is 4.95. The number of benzene rings is 2. The number of hydrogen-bond donors (Lipinski definition) is 1. The number of hydrogen-bond acceptors (Lipinski definition) is 1. The van der Waals surface area contributed by atoms with Gasteiger partial charge in [-0.1, -0.05) is 23.8 Å². The van der Waals surface area contributed by atoms with Crippen LogP contribution in [0, 0.1) is 13.8 Å². The van der Waals surface area contributed by atoms with Gasteiger partial charge >= 0.3 is 0 Å². The molecule has 0 bridgehead atoms. The molecule has 0 radical (unpaired) electrons. The van der Waals surface area contributed by atoms with E-state index in [1.54, 1.807) is 7.11 Å². The Kier molecular flexibility index (Phi) is 2.79. The maximum atomic E-state index is 5.26. The Balaban J connectivity index is 2.14. The Hall–Kier alpha value is -2.22. The Morgan fingerprint density at radius 3 is 2.53 bits per heavy atom. The molecule has 0 unspecified atom stereocenters. The van der Waals surface area contributed by atoms with Crippen molar-refractivity contribution in [1.29, 1.82) is 0 Å². The second kappa shape index (κ2) is 4.47. The van der Waals surface area contributed by atoms with E-state index in [9.17, 15) is 0 Å². The van der Waals surface area contributed by atoms with Gasteiger partial charge in [-0.3, -0.25) is 0 Å². The Morgan fingerprint density at radius 1 is 0.947 bits per heavy atom. The lowest BCUT2D eigenvalue weighted by Gasteiger charge is -2.04. The van der Waals surface area contributed by atoms with Crippen LogP contribution in [0.5, 0.6) is 5.75 Å². The number of nitrogens with one attached hydrogen (secondary N) is 1. The van der Waals surface area contributed by atoms with Gasteiger partial charge in [-0.25, -0.2) is 0 Å². The van der Waals surface area contributed by atoms with Crippen LogP contribution in [0.3, 0.4) is 0 Å². The van der Waals surface area contributed by atoms with Gasteiger partial charge in [0.15, 0.2) is 0 Å². The van der Waals surface area contributed by atoms with Crippen LogP contribution in [0.4, 0.5) is 0 Å². The second-order valence-electron chi connectivity index (χ2n) is 4.95. The number of H-pyrrole nitrogens is 1. The zero-order valence-electron chi connectivity index (χ0n) is 11.4. The summed E-state index contributed by atoms with van der Waals surface area (Å²) in [7, 11) is 1.69. The van der Waals surface area contributed by atoms with Crippen LogP contribution in [0.2, 0.25) is 0 Å². The molecule has 0 spiro atoms. The quantitative estimate of drug-likeness (QED) is 0.714. The lowest BCUT2D eigenvalue weighted by Crippen LogP contribution is -1.84. The summed E-state index contributed by atoms with van der Waals surface area (Å²) in [5, 5.41) is 1.18. The molecule has 3 aromatic rings. The summed E-state index contributed by atoms with van der Waals surface area (Å²) in [6.07, 6.45) is 0. The summed E-state index contributed by atoms with van der Waals surface area (Å²) in [5.74, 6) is 0.888. The summed E-state index contributed by atoms with van der Waals surface area (Å²) in [5.41, 5.74) is 6.12. The van der Waals surface area contributed by atoms with E-state index >= 15 is 0 Å². The van der Waals surface area contributed by atoms with Crippen LogP contribution in [-0.4, -0.2) is 12.1 Å². The van der Waals surface area contributed by atoms with Crippen molar-refractivity contribution in [3.8, 4) is 17.0 Å². The maximum absolute atomic E-state index is 5.26. The number of aromatic amines is 1. The lowest BCUT2D eigenvalue weighted by molar-refractivity contribution is 0.415. The minimum Gasteiger partial charge on any atom is -0.497 e. The molecule has 1 aromatic heterocycles. The first-order valence-electron chi connectivity index (χ1n) is 6.42. The largest absolute Gasteiger partial charge is 0.497 e. The highest BCUT2D eigenvalue weighted by atomic mass is 16.5. The van der Waals surface area contributed by atoms with Gasteiger partial charge in [0.1, 0.15) is 5.75 Å². The Bertz CT molecular complexity index is 740. The third kappa shape index (κ3) is 2.10. The van der Waals surface area contributed by atoms with E-state index in [4.69, 9.17) is 4.74 Å². The number of ether oxygens (including phenoxy) is 1. The third-order valence-electron chi connectivity index (χ3n) is 3.50. The molecule has 0 aliphatic carbocycles. The van der Waals surface area contributed by atoms with Crippen molar-refractivity contribution in [2.45, 2.75) is 13.8 Å². The molecule has 19 heavy (non-hydrogen) atoms. The van der Waals surface area contributed by atoms with Crippen molar-refractivity contribution in [2.24, 2.45) is 0 Å². The topological polar surface area (TPSA) is 25.0 Å². The van der Waals surface area contributed by atoms with Gasteiger partial charge in [0, 0.05) is 22.2 Å². The van der Waals surface area contributed by atoms with E-state index in [-0.39, 0.29) is 0 Å². The van der Waals surface area contributed by atoms with E-state index < -0.39 is 0 Å². The van der Waals surface area contributed by atoms with Gasteiger partial charge in [0.05, 0.1) is 7.11 Å². The minimum atomic E-state index is 0.888. The average Bonchev–Trinajstić information content (AvgIpc) is 2.80. The number of rotatable bonds is 2. The molecule has 0 saturated heterocycles. The van der Waals surface area contributed by atoms with Crippen LogP contribution in [0.25, 0.3) is 22.2 Å². The average molecular weight is 251 g/mol. The first-order valence-corrected chi connectivity index (χ1v) is 6.42. The molecule has 96 valence electrons. The zero-order valence-corrected chi connectivity index (χ0v) is 11.4. The highest BCUT2D eigenvalue weighted by Crippen LogP contribution is 2.29. The van der Waals surface area contributed by atoms with Crippen LogP contribution in [0.15, 0.2) is 42.5 Å². The monoisotopic (exact) mass is 251 g/mol. The summed E-state index contributed by atoms with van der Waals surface area (Å²) < 4.78 is 5.26. The molecule has 0 atom stereocenters. The first kappa shape index (κ1) is 11.8. The fraction of sp³-hybridized carbons (Fsp3) is 0.176. The van der Waals surface area contributed by atoms with E-state index in [2.05, 4.69) is 55.2 Å². The highest BCUT2D eigenvalue weighted by Gasteiger charge is 2.06. The van der Waals surface area contributed by atoms with Crippen molar-refractivity contribution in [3.63, 3.8) is 0 Å².